The van der Waals surface area contributed by atoms with E-state index in [-0.39, 0.29) is 11.9 Å². The predicted molar refractivity (Wildman–Crippen MR) is 84.9 cm³/mol. The van der Waals surface area contributed by atoms with Gasteiger partial charge in [0, 0.05) is 18.3 Å². The highest BCUT2D eigenvalue weighted by Crippen LogP contribution is 2.25. The van der Waals surface area contributed by atoms with Gasteiger partial charge in [0.25, 0.3) is 5.91 Å². The number of carbonyl (C=O) groups excluding carboxylic acids is 1. The number of hydrogen-bond acceptors (Lipinski definition) is 3. The zero-order valence-corrected chi connectivity index (χ0v) is 12.5. The fourth-order valence-electron chi connectivity index (χ4n) is 2.28. The molecule has 2 aromatic carbocycles. The molecule has 1 atom stereocenters. The molecule has 1 amide bonds. The van der Waals surface area contributed by atoms with Crippen molar-refractivity contribution >= 4 is 11.6 Å². The Morgan fingerprint density at radius 1 is 1.10 bits per heavy atom. The average Bonchev–Trinajstić information content (AvgIpc) is 2.54. The summed E-state index contributed by atoms with van der Waals surface area (Å²) in [6, 6.07) is 15.0. The number of para-hydroxylation sites is 2. The molecule has 0 saturated carbocycles. The van der Waals surface area contributed by atoms with Crippen LogP contribution in [-0.2, 0) is 0 Å². The van der Waals surface area contributed by atoms with Crippen molar-refractivity contribution in [2.75, 3.05) is 19.5 Å². The Balaban J connectivity index is 2.19. The minimum Gasteiger partial charge on any atom is -0.496 e. The summed E-state index contributed by atoms with van der Waals surface area (Å²) >= 11 is 0. The highest BCUT2D eigenvalue weighted by molar-refractivity contribution is 5.99. The second-order valence-electron chi connectivity index (χ2n) is 4.73. The van der Waals surface area contributed by atoms with Crippen LogP contribution in [0.3, 0.4) is 0 Å². The second kappa shape index (κ2) is 6.79. The summed E-state index contributed by atoms with van der Waals surface area (Å²) in [5.74, 6) is 0.658. The number of hydrogen-bond donors (Lipinski definition) is 2. The lowest BCUT2D eigenvalue weighted by molar-refractivity contribution is 0.0940. The van der Waals surface area contributed by atoms with E-state index < -0.39 is 0 Å². The Labute approximate surface area is 125 Å². The summed E-state index contributed by atoms with van der Waals surface area (Å²) in [5.41, 5.74) is 2.39. The van der Waals surface area contributed by atoms with Gasteiger partial charge in [-0.3, -0.25) is 4.79 Å². The molecule has 2 rings (SSSR count). The molecule has 0 saturated heterocycles. The fraction of sp³-hybridized carbons (Fsp3) is 0.235. The van der Waals surface area contributed by atoms with E-state index in [1.54, 1.807) is 20.2 Å². The molecule has 0 heterocycles. The number of benzene rings is 2. The number of carbonyl (C=O) groups is 1. The minimum absolute atomic E-state index is 0.113. The first-order chi connectivity index (χ1) is 10.2. The molecular weight excluding hydrogens is 264 g/mol. The van der Waals surface area contributed by atoms with E-state index in [4.69, 9.17) is 4.74 Å². The third kappa shape index (κ3) is 3.34. The number of ether oxygens (including phenoxy) is 1. The molecule has 2 N–H and O–H groups in total. The van der Waals surface area contributed by atoms with Crippen molar-refractivity contribution in [2.24, 2.45) is 0 Å². The first-order valence-electron chi connectivity index (χ1n) is 6.88. The largest absolute Gasteiger partial charge is 0.496 e. The monoisotopic (exact) mass is 284 g/mol. The summed E-state index contributed by atoms with van der Waals surface area (Å²) in [7, 11) is 3.43. The number of methoxy groups -OCH3 is 1. The maximum atomic E-state index is 12.4. The summed E-state index contributed by atoms with van der Waals surface area (Å²) in [6.07, 6.45) is 0. The average molecular weight is 284 g/mol. The quantitative estimate of drug-likeness (QED) is 0.886. The van der Waals surface area contributed by atoms with Crippen LogP contribution < -0.4 is 15.4 Å². The third-order valence-electron chi connectivity index (χ3n) is 3.39. The normalized spacial score (nSPS) is 11.6. The zero-order chi connectivity index (χ0) is 15.2. The van der Waals surface area contributed by atoms with E-state index in [2.05, 4.69) is 10.6 Å². The van der Waals surface area contributed by atoms with Gasteiger partial charge in [-0.25, -0.2) is 0 Å². The maximum absolute atomic E-state index is 12.4. The van der Waals surface area contributed by atoms with Gasteiger partial charge in [-0.05, 0) is 25.1 Å². The van der Waals surface area contributed by atoms with E-state index >= 15 is 0 Å². The molecule has 0 aliphatic carbocycles. The number of nitrogens with one attached hydrogen (secondary N) is 2. The van der Waals surface area contributed by atoms with Crippen LogP contribution in [-0.4, -0.2) is 20.1 Å². The van der Waals surface area contributed by atoms with Gasteiger partial charge >= 0.3 is 0 Å². The van der Waals surface area contributed by atoms with Gasteiger partial charge < -0.3 is 15.4 Å². The van der Waals surface area contributed by atoms with Crippen molar-refractivity contribution < 1.29 is 9.53 Å². The Morgan fingerprint density at radius 2 is 1.76 bits per heavy atom. The molecule has 0 aliphatic rings. The van der Waals surface area contributed by atoms with Gasteiger partial charge in [-0.1, -0.05) is 30.3 Å². The highest BCUT2D eigenvalue weighted by atomic mass is 16.5. The van der Waals surface area contributed by atoms with Gasteiger partial charge in [0.05, 0.1) is 18.7 Å². The van der Waals surface area contributed by atoms with E-state index in [0.717, 1.165) is 17.0 Å². The minimum atomic E-state index is -0.140. The van der Waals surface area contributed by atoms with Crippen molar-refractivity contribution in [1.29, 1.82) is 0 Å². The van der Waals surface area contributed by atoms with Gasteiger partial charge in [0.2, 0.25) is 0 Å². The van der Waals surface area contributed by atoms with Crippen LogP contribution in [0.4, 0.5) is 5.69 Å². The number of amides is 1. The van der Waals surface area contributed by atoms with E-state index in [0.29, 0.717) is 5.56 Å². The molecule has 4 nitrogen and oxygen atoms in total. The Bertz CT molecular complexity index is 626. The molecule has 0 aliphatic heterocycles. The summed E-state index contributed by atoms with van der Waals surface area (Å²) in [4.78, 5) is 12.4. The molecule has 4 heteroatoms. The van der Waals surface area contributed by atoms with Crippen LogP contribution in [0.25, 0.3) is 0 Å². The lowest BCUT2D eigenvalue weighted by Gasteiger charge is -2.18. The summed E-state index contributed by atoms with van der Waals surface area (Å²) in [6.45, 7) is 1.94. The molecule has 0 spiro atoms. The van der Waals surface area contributed by atoms with Gasteiger partial charge in [-0.15, -0.1) is 0 Å². The first-order valence-corrected chi connectivity index (χ1v) is 6.88. The Morgan fingerprint density at radius 3 is 2.48 bits per heavy atom. The molecule has 0 radical (unpaired) electrons. The van der Waals surface area contributed by atoms with E-state index in [1.165, 1.54) is 0 Å². The first kappa shape index (κ1) is 14.9. The molecular formula is C17H20N2O2. The number of anilines is 1. The standard InChI is InChI=1S/C17H20N2O2/c1-12(13-8-5-7-11-16(13)21-3)19-17(20)14-9-4-6-10-15(14)18-2/h4-12,18H,1-3H3,(H,19,20). The Hall–Kier alpha value is -2.49. The molecule has 110 valence electrons. The topological polar surface area (TPSA) is 50.4 Å². The van der Waals surface area contributed by atoms with Crippen molar-refractivity contribution in [3.8, 4) is 5.75 Å². The smallest absolute Gasteiger partial charge is 0.253 e. The molecule has 0 bridgehead atoms. The van der Waals surface area contributed by atoms with E-state index in [1.807, 2.05) is 49.4 Å². The molecule has 21 heavy (non-hydrogen) atoms. The number of rotatable bonds is 5. The fourth-order valence-corrected chi connectivity index (χ4v) is 2.28. The summed E-state index contributed by atoms with van der Waals surface area (Å²) in [5, 5.41) is 6.03. The molecule has 0 aromatic heterocycles. The van der Waals surface area contributed by atoms with E-state index in [9.17, 15) is 4.79 Å². The summed E-state index contributed by atoms with van der Waals surface area (Å²) < 4.78 is 5.33. The van der Waals surface area contributed by atoms with Crippen LogP contribution in [0.1, 0.15) is 28.9 Å². The van der Waals surface area contributed by atoms with Crippen LogP contribution in [0.15, 0.2) is 48.5 Å². The van der Waals surface area contributed by atoms with Gasteiger partial charge in [-0.2, -0.15) is 0 Å². The van der Waals surface area contributed by atoms with Gasteiger partial charge in [0.1, 0.15) is 5.75 Å². The van der Waals surface area contributed by atoms with Gasteiger partial charge in [0.15, 0.2) is 0 Å². The highest BCUT2D eigenvalue weighted by Gasteiger charge is 2.16. The van der Waals surface area contributed by atoms with Crippen molar-refractivity contribution in [1.82, 2.24) is 5.32 Å². The maximum Gasteiger partial charge on any atom is 0.253 e. The Kier molecular flexibility index (Phi) is 4.82. The molecule has 1 unspecified atom stereocenters. The third-order valence-corrected chi connectivity index (χ3v) is 3.39. The molecule has 0 fully saturated rings. The predicted octanol–water partition coefficient (Wildman–Crippen LogP) is 3.23. The zero-order valence-electron chi connectivity index (χ0n) is 12.5. The SMILES string of the molecule is CNc1ccccc1C(=O)NC(C)c1ccccc1OC. The van der Waals surface area contributed by atoms with Crippen LogP contribution >= 0.6 is 0 Å². The van der Waals surface area contributed by atoms with Crippen molar-refractivity contribution in [3.05, 3.63) is 59.7 Å². The van der Waals surface area contributed by atoms with Crippen LogP contribution in [0.2, 0.25) is 0 Å². The molecule has 2 aromatic rings. The lowest BCUT2D eigenvalue weighted by Crippen LogP contribution is -2.27. The van der Waals surface area contributed by atoms with Crippen molar-refractivity contribution in [3.63, 3.8) is 0 Å². The van der Waals surface area contributed by atoms with Crippen LogP contribution in [0, 0.1) is 0 Å². The second-order valence-corrected chi connectivity index (χ2v) is 4.73. The lowest BCUT2D eigenvalue weighted by atomic mass is 10.1. The van der Waals surface area contributed by atoms with Crippen LogP contribution in [0.5, 0.6) is 5.75 Å². The van der Waals surface area contributed by atoms with Crippen molar-refractivity contribution in [2.45, 2.75) is 13.0 Å².